The number of rotatable bonds is 3. The molecule has 20 heavy (non-hydrogen) atoms. The average molecular weight is 273 g/mol. The van der Waals surface area contributed by atoms with Gasteiger partial charge in [-0.1, -0.05) is 42.1 Å². The van der Waals surface area contributed by atoms with Gasteiger partial charge in [-0.3, -0.25) is 0 Å². The van der Waals surface area contributed by atoms with Gasteiger partial charge in [0, 0.05) is 0 Å². The lowest BCUT2D eigenvalue weighted by Crippen LogP contribution is -2.10. The summed E-state index contributed by atoms with van der Waals surface area (Å²) in [7, 11) is 0. The van der Waals surface area contributed by atoms with Crippen LogP contribution in [0.3, 0.4) is 0 Å². The first-order valence-corrected chi connectivity index (χ1v) is 7.61. The molecule has 0 radical (unpaired) electrons. The molecule has 106 valence electrons. The molecule has 1 fully saturated rings. The maximum absolute atomic E-state index is 13.1. The Kier molecular flexibility index (Phi) is 3.95. The van der Waals surface area contributed by atoms with Gasteiger partial charge in [0.25, 0.3) is 0 Å². The second-order valence-electron chi connectivity index (χ2n) is 5.94. The summed E-state index contributed by atoms with van der Waals surface area (Å²) in [6, 6.07) is 6.29. The predicted molar refractivity (Wildman–Crippen MR) is 78.7 cm³/mol. The number of hydrogen-bond acceptors (Lipinski definition) is 2. The standard InChI is InChI=1S/C17H20FNO/c18-14-8-6-13(7-9-14)17-15(10-11-16(17)19-20)12-4-2-1-3-5-12/h6-9,12,16H,1-5,10-11H2. The van der Waals surface area contributed by atoms with Crippen LogP contribution in [0.5, 0.6) is 0 Å². The zero-order chi connectivity index (χ0) is 13.9. The Morgan fingerprint density at radius 3 is 2.35 bits per heavy atom. The molecule has 1 unspecified atom stereocenters. The van der Waals surface area contributed by atoms with Gasteiger partial charge in [-0.2, -0.15) is 4.91 Å². The lowest BCUT2D eigenvalue weighted by Gasteiger charge is -2.24. The molecule has 0 heterocycles. The van der Waals surface area contributed by atoms with Crippen LogP contribution >= 0.6 is 0 Å². The molecule has 0 aliphatic heterocycles. The van der Waals surface area contributed by atoms with Crippen molar-refractivity contribution < 1.29 is 4.39 Å². The number of benzene rings is 1. The summed E-state index contributed by atoms with van der Waals surface area (Å²) < 4.78 is 13.1. The highest BCUT2D eigenvalue weighted by Gasteiger charge is 2.32. The van der Waals surface area contributed by atoms with Crippen LogP contribution in [0.1, 0.15) is 50.5 Å². The van der Waals surface area contributed by atoms with Crippen molar-refractivity contribution in [3.8, 4) is 0 Å². The molecule has 2 aliphatic carbocycles. The second kappa shape index (κ2) is 5.86. The summed E-state index contributed by atoms with van der Waals surface area (Å²) in [6.45, 7) is 0. The fourth-order valence-electron chi connectivity index (χ4n) is 3.77. The van der Waals surface area contributed by atoms with Gasteiger partial charge in [-0.25, -0.2) is 4.39 Å². The van der Waals surface area contributed by atoms with Crippen molar-refractivity contribution >= 4 is 5.57 Å². The van der Waals surface area contributed by atoms with Crippen molar-refractivity contribution in [2.24, 2.45) is 11.1 Å². The molecule has 0 N–H and O–H groups in total. The summed E-state index contributed by atoms with van der Waals surface area (Å²) in [6.07, 6.45) is 8.14. The zero-order valence-electron chi connectivity index (χ0n) is 11.6. The Morgan fingerprint density at radius 1 is 1.00 bits per heavy atom. The van der Waals surface area contributed by atoms with Crippen LogP contribution in [-0.2, 0) is 0 Å². The van der Waals surface area contributed by atoms with E-state index in [1.54, 1.807) is 12.1 Å². The fraction of sp³-hybridized carbons (Fsp3) is 0.529. The molecule has 2 nitrogen and oxygen atoms in total. The molecular formula is C17H20FNO. The zero-order valence-corrected chi connectivity index (χ0v) is 11.6. The van der Waals surface area contributed by atoms with Crippen molar-refractivity contribution in [2.45, 2.75) is 51.0 Å². The molecule has 3 heteroatoms. The van der Waals surface area contributed by atoms with Crippen LogP contribution in [0.4, 0.5) is 4.39 Å². The first-order valence-electron chi connectivity index (χ1n) is 7.61. The molecule has 1 saturated carbocycles. The quantitative estimate of drug-likeness (QED) is 0.705. The smallest absolute Gasteiger partial charge is 0.123 e. The minimum absolute atomic E-state index is 0.234. The number of hydrogen-bond donors (Lipinski definition) is 0. The molecule has 3 rings (SSSR count). The molecule has 0 amide bonds. The van der Waals surface area contributed by atoms with E-state index in [1.807, 2.05) is 0 Å². The minimum atomic E-state index is -0.239. The maximum atomic E-state index is 13.1. The SMILES string of the molecule is O=NC1CCC(C2CCCCC2)=C1c1ccc(F)cc1. The van der Waals surface area contributed by atoms with Crippen molar-refractivity contribution in [1.29, 1.82) is 0 Å². The summed E-state index contributed by atoms with van der Waals surface area (Å²) >= 11 is 0. The predicted octanol–water partition coefficient (Wildman–Crippen LogP) is 5.09. The number of allylic oxidation sites excluding steroid dienone is 1. The summed E-state index contributed by atoms with van der Waals surface area (Å²) in [5.41, 5.74) is 3.49. The van der Waals surface area contributed by atoms with Gasteiger partial charge in [0.05, 0.1) is 0 Å². The molecule has 0 saturated heterocycles. The van der Waals surface area contributed by atoms with E-state index in [2.05, 4.69) is 5.18 Å². The van der Waals surface area contributed by atoms with Gasteiger partial charge in [-0.15, -0.1) is 0 Å². The van der Waals surface area contributed by atoms with Crippen molar-refractivity contribution in [2.75, 3.05) is 0 Å². The Bertz CT molecular complexity index is 514. The van der Waals surface area contributed by atoms with Gasteiger partial charge in [0.15, 0.2) is 0 Å². The van der Waals surface area contributed by atoms with Crippen LogP contribution in [0.2, 0.25) is 0 Å². The van der Waals surface area contributed by atoms with Crippen LogP contribution in [0, 0.1) is 16.6 Å². The first kappa shape index (κ1) is 13.5. The van der Waals surface area contributed by atoms with E-state index in [4.69, 9.17) is 0 Å². The molecule has 0 spiro atoms. The third-order valence-electron chi connectivity index (χ3n) is 4.75. The van der Waals surface area contributed by atoms with Gasteiger partial charge in [0.2, 0.25) is 0 Å². The van der Waals surface area contributed by atoms with Crippen LogP contribution < -0.4 is 0 Å². The van der Waals surface area contributed by atoms with E-state index in [0.717, 1.165) is 24.0 Å². The molecule has 1 aromatic rings. The number of halogens is 1. The average Bonchev–Trinajstić information content (AvgIpc) is 2.93. The van der Waals surface area contributed by atoms with E-state index in [1.165, 1.54) is 49.8 Å². The maximum Gasteiger partial charge on any atom is 0.123 e. The minimum Gasteiger partial charge on any atom is -0.207 e. The highest BCUT2D eigenvalue weighted by Crippen LogP contribution is 2.44. The Morgan fingerprint density at radius 2 is 1.70 bits per heavy atom. The molecule has 1 atom stereocenters. The van der Waals surface area contributed by atoms with Gasteiger partial charge >= 0.3 is 0 Å². The van der Waals surface area contributed by atoms with Crippen LogP contribution in [0.25, 0.3) is 5.57 Å². The van der Waals surface area contributed by atoms with E-state index in [-0.39, 0.29) is 11.9 Å². The number of nitrogens with zero attached hydrogens (tertiary/aromatic N) is 1. The Hall–Kier alpha value is -1.51. The van der Waals surface area contributed by atoms with E-state index in [9.17, 15) is 9.30 Å². The lowest BCUT2D eigenvalue weighted by molar-refractivity contribution is 0.398. The highest BCUT2D eigenvalue weighted by atomic mass is 19.1. The largest absolute Gasteiger partial charge is 0.207 e. The molecular weight excluding hydrogens is 253 g/mol. The van der Waals surface area contributed by atoms with Crippen LogP contribution in [-0.4, -0.2) is 6.04 Å². The van der Waals surface area contributed by atoms with Gasteiger partial charge in [0.1, 0.15) is 11.9 Å². The number of nitroso groups, excluding NO2 is 1. The van der Waals surface area contributed by atoms with Gasteiger partial charge < -0.3 is 0 Å². The normalized spacial score (nSPS) is 24.1. The summed E-state index contributed by atoms with van der Waals surface area (Å²) in [4.78, 5) is 11.1. The summed E-state index contributed by atoms with van der Waals surface area (Å²) in [5.74, 6) is 0.373. The van der Waals surface area contributed by atoms with E-state index in [0.29, 0.717) is 5.92 Å². The third-order valence-corrected chi connectivity index (χ3v) is 4.75. The highest BCUT2D eigenvalue weighted by molar-refractivity contribution is 5.75. The van der Waals surface area contributed by atoms with E-state index >= 15 is 0 Å². The van der Waals surface area contributed by atoms with Crippen molar-refractivity contribution in [3.63, 3.8) is 0 Å². The molecule has 0 bridgehead atoms. The fourth-order valence-corrected chi connectivity index (χ4v) is 3.77. The topological polar surface area (TPSA) is 29.4 Å². The van der Waals surface area contributed by atoms with Gasteiger partial charge in [-0.05, 0) is 54.9 Å². The third kappa shape index (κ3) is 2.54. The van der Waals surface area contributed by atoms with E-state index < -0.39 is 0 Å². The van der Waals surface area contributed by atoms with Crippen molar-refractivity contribution in [1.82, 2.24) is 0 Å². The molecule has 2 aliphatic rings. The first-order chi connectivity index (χ1) is 9.79. The summed E-state index contributed by atoms with van der Waals surface area (Å²) in [5, 5.41) is 3.31. The second-order valence-corrected chi connectivity index (χ2v) is 5.94. The molecule has 1 aromatic carbocycles. The Balaban J connectivity index is 1.98. The monoisotopic (exact) mass is 273 g/mol. The Labute approximate surface area is 119 Å². The molecule has 0 aromatic heterocycles. The van der Waals surface area contributed by atoms with Crippen molar-refractivity contribution in [3.05, 3.63) is 46.1 Å². The lowest BCUT2D eigenvalue weighted by atomic mass is 9.81. The van der Waals surface area contributed by atoms with Crippen LogP contribution in [0.15, 0.2) is 35.0 Å².